The summed E-state index contributed by atoms with van der Waals surface area (Å²) >= 11 is 0. The first-order valence-corrected chi connectivity index (χ1v) is 23.4. The van der Waals surface area contributed by atoms with Crippen molar-refractivity contribution >= 4 is 40.3 Å². The number of ketones is 1. The molecule has 0 unspecified atom stereocenters. The fraction of sp³-hybridized carbons (Fsp3) is 0.714. The van der Waals surface area contributed by atoms with Gasteiger partial charge >= 0.3 is 0 Å². The van der Waals surface area contributed by atoms with Crippen LogP contribution < -0.4 is 10.2 Å². The summed E-state index contributed by atoms with van der Waals surface area (Å²) in [5, 5.41) is 21.7. The van der Waals surface area contributed by atoms with Crippen LogP contribution in [-0.4, -0.2) is 52.6 Å². The molecule has 0 bridgehead atoms. The molecule has 7 rings (SSSR count). The quantitative estimate of drug-likeness (QED) is 0.163. The second-order valence-electron chi connectivity index (χ2n) is 19.4. The average Bonchev–Trinajstić information content (AvgIpc) is 4.00. The fourth-order valence-electron chi connectivity index (χ4n) is 11.2. The number of aliphatic hydroxyl groups is 1. The van der Waals surface area contributed by atoms with Crippen LogP contribution in [0.1, 0.15) is 181 Å². The first-order chi connectivity index (χ1) is 27.6. The van der Waals surface area contributed by atoms with Crippen LogP contribution in [0.2, 0.25) is 0 Å². The SMILES string of the molecule is CCC(C)(C)C(=O)Nc1cc(N(CCCC2CCCC2)CCCC2CCCC2)ccc1C1=C(O)/C(=C2/C(=O)N(C(C3CCCCC3)C3CCCCC3)N=C2C)C1=O. The summed E-state index contributed by atoms with van der Waals surface area (Å²) in [5.74, 6) is 1.58. The molecule has 1 aromatic carbocycles. The molecule has 0 atom stereocenters. The molecule has 5 aliphatic carbocycles. The Labute approximate surface area is 343 Å². The van der Waals surface area contributed by atoms with E-state index < -0.39 is 5.41 Å². The number of allylic oxidation sites excluding steroid dienone is 2. The number of Topliss-reactive ketones (excluding diaryl/α,β-unsaturated/α-hetero) is 1. The van der Waals surface area contributed by atoms with Gasteiger partial charge in [0.1, 0.15) is 5.76 Å². The first kappa shape index (κ1) is 41.7. The van der Waals surface area contributed by atoms with Gasteiger partial charge in [0, 0.05) is 29.8 Å². The Morgan fingerprint density at radius 1 is 0.807 bits per heavy atom. The number of hydrogen-bond acceptors (Lipinski definition) is 6. The molecule has 0 aromatic heterocycles. The number of hydrogen-bond donors (Lipinski definition) is 2. The van der Waals surface area contributed by atoms with Crippen LogP contribution in [0.15, 0.2) is 40.2 Å². The van der Waals surface area contributed by atoms with E-state index in [1.54, 1.807) is 11.9 Å². The molecule has 1 aliphatic heterocycles. The summed E-state index contributed by atoms with van der Waals surface area (Å²) in [6.45, 7) is 9.60. The van der Waals surface area contributed by atoms with Crippen molar-refractivity contribution < 1.29 is 19.5 Å². The van der Waals surface area contributed by atoms with Gasteiger partial charge in [-0.2, -0.15) is 5.10 Å². The van der Waals surface area contributed by atoms with Crippen LogP contribution in [0.3, 0.4) is 0 Å². The van der Waals surface area contributed by atoms with Crippen molar-refractivity contribution in [3.05, 3.63) is 40.7 Å². The number of nitrogens with one attached hydrogen (secondary N) is 1. The van der Waals surface area contributed by atoms with Gasteiger partial charge in [-0.1, -0.05) is 111 Å². The second-order valence-corrected chi connectivity index (χ2v) is 19.4. The minimum atomic E-state index is -0.622. The Morgan fingerprint density at radius 3 is 1.84 bits per heavy atom. The lowest BCUT2D eigenvalue weighted by Crippen LogP contribution is -2.46. The van der Waals surface area contributed by atoms with Gasteiger partial charge in [-0.25, -0.2) is 5.01 Å². The smallest absolute Gasteiger partial charge is 0.277 e. The van der Waals surface area contributed by atoms with E-state index in [1.807, 2.05) is 32.9 Å². The summed E-state index contributed by atoms with van der Waals surface area (Å²) in [6, 6.07) is 6.02. The highest BCUT2D eigenvalue weighted by atomic mass is 16.3. The van der Waals surface area contributed by atoms with E-state index in [4.69, 9.17) is 5.10 Å². The number of anilines is 2. The highest BCUT2D eigenvalue weighted by Crippen LogP contribution is 2.46. The number of aliphatic hydroxyl groups excluding tert-OH is 1. The molecule has 6 aliphatic rings. The molecule has 0 spiro atoms. The van der Waals surface area contributed by atoms with Crippen LogP contribution in [0.5, 0.6) is 0 Å². The molecule has 1 aromatic rings. The molecule has 1 heterocycles. The molecule has 0 radical (unpaired) electrons. The Morgan fingerprint density at radius 2 is 1.33 bits per heavy atom. The van der Waals surface area contributed by atoms with Gasteiger partial charge in [0.05, 0.1) is 34.2 Å². The molecule has 8 nitrogen and oxygen atoms in total. The Bertz CT molecular complexity index is 1680. The van der Waals surface area contributed by atoms with Gasteiger partial charge in [-0.05, 0) is 107 Å². The molecular weight excluding hydrogens is 709 g/mol. The van der Waals surface area contributed by atoms with E-state index in [2.05, 4.69) is 16.3 Å². The van der Waals surface area contributed by atoms with Gasteiger partial charge in [-0.15, -0.1) is 0 Å². The van der Waals surface area contributed by atoms with E-state index in [0.717, 1.165) is 69.1 Å². The summed E-state index contributed by atoms with van der Waals surface area (Å²) < 4.78 is 0. The molecule has 4 fully saturated rings. The van der Waals surface area contributed by atoms with Crippen LogP contribution in [0, 0.1) is 29.1 Å². The topological polar surface area (TPSA) is 102 Å². The zero-order valence-electron chi connectivity index (χ0n) is 35.8. The first-order valence-electron chi connectivity index (χ1n) is 23.4. The summed E-state index contributed by atoms with van der Waals surface area (Å²) in [6.07, 6.45) is 27.9. The average molecular weight is 781 g/mol. The number of carbonyl (C=O) groups excluding carboxylic acids is 3. The molecule has 312 valence electrons. The standard InChI is InChI=1S/C49H72N4O4/c1-5-49(3,4)48(57)50-40-32-38(52(30-16-22-34-18-12-13-19-34)31-17-23-35-20-14-15-21-35)28-29-39(40)42-45(54)43(46(42)55)41-33(2)51-53(47(41)56)44(36-24-8-6-9-25-36)37-26-10-7-11-27-37/h28-29,32,34-37,44,54H,5-27,30-31H2,1-4H3,(H,50,57)/b43-41-. The summed E-state index contributed by atoms with van der Waals surface area (Å²) in [5.41, 5.74) is 2.43. The largest absolute Gasteiger partial charge is 0.506 e. The van der Waals surface area contributed by atoms with Crippen molar-refractivity contribution in [3.63, 3.8) is 0 Å². The number of rotatable bonds is 16. The molecule has 4 saturated carbocycles. The van der Waals surface area contributed by atoms with Gasteiger partial charge < -0.3 is 15.3 Å². The molecule has 0 saturated heterocycles. The highest BCUT2D eigenvalue weighted by Gasteiger charge is 2.47. The van der Waals surface area contributed by atoms with E-state index in [-0.39, 0.29) is 46.1 Å². The lowest BCUT2D eigenvalue weighted by molar-refractivity contribution is -0.131. The van der Waals surface area contributed by atoms with Gasteiger partial charge in [-0.3, -0.25) is 14.4 Å². The van der Waals surface area contributed by atoms with Gasteiger partial charge in [0.15, 0.2) is 0 Å². The summed E-state index contributed by atoms with van der Waals surface area (Å²) in [4.78, 5) is 45.1. The van der Waals surface area contributed by atoms with E-state index in [9.17, 15) is 19.5 Å². The van der Waals surface area contributed by atoms with Gasteiger partial charge in [0.2, 0.25) is 11.7 Å². The minimum absolute atomic E-state index is 0.0301. The van der Waals surface area contributed by atoms with Crippen molar-refractivity contribution in [2.45, 2.75) is 181 Å². The van der Waals surface area contributed by atoms with Gasteiger partial charge in [0.25, 0.3) is 5.91 Å². The number of hydrazone groups is 1. The molecule has 2 N–H and O–H groups in total. The predicted molar refractivity (Wildman–Crippen MR) is 232 cm³/mol. The lowest BCUT2D eigenvalue weighted by atomic mass is 9.73. The maximum absolute atomic E-state index is 14.4. The molecular formula is C49H72N4O4. The highest BCUT2D eigenvalue weighted by molar-refractivity contribution is 6.44. The van der Waals surface area contributed by atoms with E-state index in [1.165, 1.54) is 103 Å². The minimum Gasteiger partial charge on any atom is -0.506 e. The fourth-order valence-corrected chi connectivity index (χ4v) is 11.2. The molecule has 2 amide bonds. The normalized spacial score (nSPS) is 23.2. The Kier molecular flexibility index (Phi) is 13.7. The van der Waals surface area contributed by atoms with Crippen molar-refractivity contribution in [1.29, 1.82) is 0 Å². The van der Waals surface area contributed by atoms with Crippen molar-refractivity contribution in [2.24, 2.45) is 34.2 Å². The maximum atomic E-state index is 14.4. The number of amides is 2. The van der Waals surface area contributed by atoms with E-state index in [0.29, 0.717) is 35.2 Å². The van der Waals surface area contributed by atoms with Crippen LogP contribution >= 0.6 is 0 Å². The van der Waals surface area contributed by atoms with Crippen LogP contribution in [0.25, 0.3) is 5.57 Å². The third-order valence-corrected chi connectivity index (χ3v) is 15.2. The Hall–Kier alpha value is -3.42. The third-order valence-electron chi connectivity index (χ3n) is 15.2. The zero-order chi connectivity index (χ0) is 40.1. The summed E-state index contributed by atoms with van der Waals surface area (Å²) in [7, 11) is 0. The predicted octanol–water partition coefficient (Wildman–Crippen LogP) is 11.7. The van der Waals surface area contributed by atoms with Crippen LogP contribution in [0.4, 0.5) is 11.4 Å². The number of carbonyl (C=O) groups is 3. The maximum Gasteiger partial charge on any atom is 0.277 e. The van der Waals surface area contributed by atoms with Crippen molar-refractivity contribution in [1.82, 2.24) is 5.01 Å². The number of nitrogens with zero attached hydrogens (tertiary/aromatic N) is 3. The number of benzene rings is 1. The van der Waals surface area contributed by atoms with Crippen molar-refractivity contribution in [3.8, 4) is 0 Å². The Balaban J connectivity index is 1.19. The van der Waals surface area contributed by atoms with E-state index >= 15 is 0 Å². The van der Waals surface area contributed by atoms with Crippen molar-refractivity contribution in [2.75, 3.05) is 23.3 Å². The van der Waals surface area contributed by atoms with Crippen LogP contribution in [-0.2, 0) is 14.4 Å². The zero-order valence-corrected chi connectivity index (χ0v) is 35.8. The molecule has 8 heteroatoms. The monoisotopic (exact) mass is 781 g/mol. The third kappa shape index (κ3) is 9.25. The second kappa shape index (κ2) is 18.7. The lowest BCUT2D eigenvalue weighted by Gasteiger charge is -2.41. The molecule has 57 heavy (non-hydrogen) atoms.